The normalized spacial score (nSPS) is 44.3. The van der Waals surface area contributed by atoms with Gasteiger partial charge in [0, 0.05) is 0 Å². The molecule has 22 heteroatoms. The Bertz CT molecular complexity index is 1090. The zero-order valence-electron chi connectivity index (χ0n) is 23.8. The summed E-state index contributed by atoms with van der Waals surface area (Å²) in [5.41, 5.74) is 27.5. The first-order chi connectivity index (χ1) is 20.6. The third kappa shape index (κ3) is 7.44. The van der Waals surface area contributed by atoms with Crippen molar-refractivity contribution in [2.75, 3.05) is 13.7 Å². The van der Waals surface area contributed by atoms with Gasteiger partial charge in [0.05, 0.1) is 25.0 Å². The van der Waals surface area contributed by atoms with Gasteiger partial charge in [-0.1, -0.05) is 0 Å². The molecule has 2 aliphatic heterocycles. The predicted octanol–water partition coefficient (Wildman–Crippen LogP) is -8.54. The minimum absolute atomic E-state index is 0.237. The molecule has 15 atom stereocenters. The molecule has 1 saturated carbocycles. The van der Waals surface area contributed by atoms with Crippen LogP contribution in [0.4, 0.5) is 0 Å². The van der Waals surface area contributed by atoms with Gasteiger partial charge in [0.1, 0.15) is 60.9 Å². The zero-order chi connectivity index (χ0) is 33.1. The third-order valence-electron chi connectivity index (χ3n) is 7.59. The maximum Gasteiger partial charge on any atom is 0.188 e. The van der Waals surface area contributed by atoms with Crippen LogP contribution in [-0.2, 0) is 18.9 Å². The fourth-order valence-electron chi connectivity index (χ4n) is 5.29. The number of thiocarbonyl (C=S) groups is 1. The molecule has 0 aromatic heterocycles. The molecule has 44 heavy (non-hydrogen) atoms. The van der Waals surface area contributed by atoms with Crippen molar-refractivity contribution in [3.8, 4) is 0 Å². The SMILES string of the molecule is CN[C@@H]1[C@H](O[C@@H]2[C@H](O[C@@H]3[C@H](O)[C@H](O)[C@H](N=C(N)N)[C@H](O)[C@@H]3N=C(N)N)O[C@H](C)[C@]2(O)C=NNC(N)=S)O[C@H](CO)[C@@H](O)[C@@H]1O. The monoisotopic (exact) mass is 654 g/mol. The van der Waals surface area contributed by atoms with Crippen molar-refractivity contribution in [3.63, 3.8) is 0 Å². The quantitative estimate of drug-likeness (QED) is 0.0450. The highest BCUT2D eigenvalue weighted by molar-refractivity contribution is 7.80. The van der Waals surface area contributed by atoms with Crippen molar-refractivity contribution >= 4 is 35.5 Å². The molecule has 0 radical (unpaired) electrons. The Morgan fingerprint density at radius 3 is 2.05 bits per heavy atom. The van der Waals surface area contributed by atoms with Crippen LogP contribution in [0, 0.1) is 0 Å². The van der Waals surface area contributed by atoms with Crippen LogP contribution < -0.4 is 39.4 Å². The van der Waals surface area contributed by atoms with E-state index in [0.29, 0.717) is 0 Å². The molecule has 21 nitrogen and oxygen atoms in total. The van der Waals surface area contributed by atoms with Gasteiger partial charge in [-0.3, -0.25) is 5.43 Å². The largest absolute Gasteiger partial charge is 0.394 e. The molecule has 3 aliphatic rings. The number of aliphatic hydroxyl groups excluding tert-OH is 6. The van der Waals surface area contributed by atoms with E-state index in [2.05, 4.69) is 25.8 Å². The van der Waals surface area contributed by atoms with Gasteiger partial charge in [-0.15, -0.1) is 0 Å². The zero-order valence-corrected chi connectivity index (χ0v) is 24.6. The summed E-state index contributed by atoms with van der Waals surface area (Å²) in [7, 11) is 1.44. The number of likely N-dealkylation sites (N-methyl/N-ethyl adjacent to an activating group) is 1. The summed E-state index contributed by atoms with van der Waals surface area (Å²) >= 11 is 4.74. The number of nitrogens with one attached hydrogen (secondary N) is 2. The van der Waals surface area contributed by atoms with Gasteiger partial charge < -0.3 is 88.7 Å². The fourth-order valence-corrected chi connectivity index (χ4v) is 5.35. The summed E-state index contributed by atoms with van der Waals surface area (Å²) < 4.78 is 23.6. The molecule has 19 N–H and O–H groups in total. The van der Waals surface area contributed by atoms with E-state index in [-0.39, 0.29) is 5.11 Å². The Kier molecular flexibility index (Phi) is 12.0. The lowest BCUT2D eigenvalue weighted by atomic mass is 9.81. The first-order valence-corrected chi connectivity index (χ1v) is 13.8. The molecule has 0 aromatic rings. The average Bonchev–Trinajstić information content (AvgIpc) is 3.17. The summed E-state index contributed by atoms with van der Waals surface area (Å²) in [6.07, 6.45) is -16.2. The van der Waals surface area contributed by atoms with Crippen molar-refractivity contribution in [1.29, 1.82) is 0 Å². The van der Waals surface area contributed by atoms with Gasteiger partial charge in [0.15, 0.2) is 35.2 Å². The van der Waals surface area contributed by atoms with Gasteiger partial charge in [-0.2, -0.15) is 5.10 Å². The van der Waals surface area contributed by atoms with Crippen LogP contribution in [0.3, 0.4) is 0 Å². The highest BCUT2D eigenvalue weighted by atomic mass is 32.1. The van der Waals surface area contributed by atoms with Crippen LogP contribution in [0.15, 0.2) is 15.1 Å². The van der Waals surface area contributed by atoms with Crippen LogP contribution in [0.5, 0.6) is 0 Å². The maximum absolute atomic E-state index is 11.8. The lowest BCUT2D eigenvalue weighted by Crippen LogP contribution is -2.66. The van der Waals surface area contributed by atoms with E-state index in [1.165, 1.54) is 14.0 Å². The van der Waals surface area contributed by atoms with Crippen molar-refractivity contribution in [2.45, 2.75) is 98.2 Å². The number of aliphatic hydroxyl groups is 7. The number of hydrogen-bond acceptors (Lipinski definition) is 16. The van der Waals surface area contributed by atoms with E-state index < -0.39 is 110 Å². The smallest absolute Gasteiger partial charge is 0.188 e. The number of ether oxygens (including phenoxy) is 4. The van der Waals surface area contributed by atoms with Crippen LogP contribution in [0.25, 0.3) is 0 Å². The van der Waals surface area contributed by atoms with Crippen molar-refractivity contribution < 1.29 is 54.7 Å². The Morgan fingerprint density at radius 2 is 1.50 bits per heavy atom. The molecule has 1 aliphatic carbocycles. The second-order valence-corrected chi connectivity index (χ2v) is 10.9. The Morgan fingerprint density at radius 1 is 0.886 bits per heavy atom. The van der Waals surface area contributed by atoms with Crippen molar-refractivity contribution in [2.24, 2.45) is 43.8 Å². The number of guanidine groups is 2. The van der Waals surface area contributed by atoms with Gasteiger partial charge >= 0.3 is 0 Å². The van der Waals surface area contributed by atoms with Crippen LogP contribution in [-0.4, -0.2) is 164 Å². The Hall–Kier alpha value is -2.58. The summed E-state index contributed by atoms with van der Waals surface area (Å²) in [5, 5.41) is 81.7. The Labute approximate surface area is 256 Å². The second-order valence-electron chi connectivity index (χ2n) is 10.5. The highest BCUT2D eigenvalue weighted by Crippen LogP contribution is 2.38. The summed E-state index contributed by atoms with van der Waals surface area (Å²) in [6, 6.07) is -4.07. The first-order valence-electron chi connectivity index (χ1n) is 13.4. The Balaban J connectivity index is 2.04. The molecule has 252 valence electrons. The van der Waals surface area contributed by atoms with E-state index >= 15 is 0 Å². The minimum atomic E-state index is -2.18. The molecule has 0 amide bonds. The van der Waals surface area contributed by atoms with Crippen molar-refractivity contribution in [3.05, 3.63) is 0 Å². The molecule has 3 fully saturated rings. The van der Waals surface area contributed by atoms with E-state index in [9.17, 15) is 35.7 Å². The van der Waals surface area contributed by atoms with E-state index in [1.54, 1.807) is 0 Å². The van der Waals surface area contributed by atoms with Crippen LogP contribution >= 0.6 is 12.2 Å². The number of hydrogen-bond donors (Lipinski definition) is 14. The topological polar surface area (TPSA) is 370 Å². The minimum Gasteiger partial charge on any atom is -0.394 e. The standard InChI is InChI=1S/C22H42N10O11S/c1-5-22(39,4-29-32-21(27)44)16(43-17-9(28-2)13(37)10(34)6(3-33)41-17)18(40-5)42-15-8(31-20(25)26)11(35)7(30-19(23)24)12(36)14(15)38/h4-18,28,33-39H,3H2,1-2H3,(H4,23,24,30)(H4,25,26,31)(H3,27,32,44)/t5-,6-,7-,8+,9+,10-,11+,12-,13-,14-,15+,16-,17+,18+,22-/m1/s1. The number of nitrogens with two attached hydrogens (primary N) is 5. The molecule has 0 aromatic carbocycles. The molecule has 3 rings (SSSR count). The van der Waals surface area contributed by atoms with Crippen molar-refractivity contribution in [1.82, 2.24) is 10.7 Å². The molecule has 0 bridgehead atoms. The lowest BCUT2D eigenvalue weighted by Gasteiger charge is -2.45. The number of hydrazone groups is 1. The molecule has 0 unspecified atom stereocenters. The van der Waals surface area contributed by atoms with Gasteiger partial charge in [0.25, 0.3) is 0 Å². The van der Waals surface area contributed by atoms with E-state index in [4.69, 9.17) is 59.8 Å². The first kappa shape index (κ1) is 35.9. The van der Waals surface area contributed by atoms with Gasteiger partial charge in [-0.05, 0) is 26.2 Å². The number of aliphatic imine (C=N–C) groups is 2. The summed E-state index contributed by atoms with van der Waals surface area (Å²) in [4.78, 5) is 7.71. The van der Waals surface area contributed by atoms with Gasteiger partial charge in [0.2, 0.25) is 0 Å². The fraction of sp³-hybridized carbons (Fsp3) is 0.818. The maximum atomic E-state index is 11.8. The molecule has 2 heterocycles. The van der Waals surface area contributed by atoms with E-state index in [0.717, 1.165) is 6.21 Å². The van der Waals surface area contributed by atoms with Gasteiger partial charge in [-0.25, -0.2) is 9.98 Å². The summed E-state index contributed by atoms with van der Waals surface area (Å²) in [5.74, 6) is -1.02. The van der Waals surface area contributed by atoms with Crippen LogP contribution in [0.2, 0.25) is 0 Å². The predicted molar refractivity (Wildman–Crippen MR) is 155 cm³/mol. The molecular formula is C22H42N10O11S. The average molecular weight is 655 g/mol. The molecule has 0 spiro atoms. The third-order valence-corrected chi connectivity index (χ3v) is 7.69. The highest BCUT2D eigenvalue weighted by Gasteiger charge is 2.60. The number of rotatable bonds is 10. The molecule has 2 saturated heterocycles. The molecular weight excluding hydrogens is 612 g/mol. The second kappa shape index (κ2) is 14.7. The summed E-state index contributed by atoms with van der Waals surface area (Å²) in [6.45, 7) is 0.721. The number of nitrogens with zero attached hydrogens (tertiary/aromatic N) is 3. The lowest BCUT2D eigenvalue weighted by molar-refractivity contribution is -0.313. The van der Waals surface area contributed by atoms with E-state index in [1.807, 2.05) is 0 Å². The van der Waals surface area contributed by atoms with Crippen LogP contribution in [0.1, 0.15) is 6.92 Å².